The van der Waals surface area contributed by atoms with Crippen molar-refractivity contribution in [2.45, 2.75) is 6.54 Å². The van der Waals surface area contributed by atoms with E-state index in [-0.39, 0.29) is 5.91 Å². The van der Waals surface area contributed by atoms with Crippen molar-refractivity contribution in [3.8, 4) is 11.3 Å². The van der Waals surface area contributed by atoms with Crippen LogP contribution in [0, 0.1) is 0 Å². The number of thiazole rings is 1. The predicted molar refractivity (Wildman–Crippen MR) is 97.0 cm³/mol. The summed E-state index contributed by atoms with van der Waals surface area (Å²) < 4.78 is 0. The number of carbonyl (C=O) groups is 1. The van der Waals surface area contributed by atoms with Crippen molar-refractivity contribution in [2.24, 2.45) is 0 Å². The van der Waals surface area contributed by atoms with Crippen molar-refractivity contribution in [2.75, 3.05) is 0 Å². The fraction of sp³-hybridized carbons (Fsp3) is 0.0526. The van der Waals surface area contributed by atoms with Gasteiger partial charge in [-0.2, -0.15) is 0 Å². The third kappa shape index (κ3) is 2.81. The Hall–Kier alpha value is -2.92. The summed E-state index contributed by atoms with van der Waals surface area (Å²) in [6.45, 7) is 0.431. The maximum atomic E-state index is 12.1. The number of hydrogen-bond donors (Lipinski definition) is 2. The number of hydrogen-bond acceptors (Lipinski definition) is 3. The monoisotopic (exact) mass is 333 g/mol. The minimum atomic E-state index is -0.0838. The second-order valence-electron chi connectivity index (χ2n) is 5.42. The number of nitrogens with zero attached hydrogens (tertiary/aromatic N) is 1. The first-order chi connectivity index (χ1) is 11.8. The molecule has 2 aromatic carbocycles. The lowest BCUT2D eigenvalue weighted by Crippen LogP contribution is -2.22. The summed E-state index contributed by atoms with van der Waals surface area (Å²) in [5.74, 6) is -0.0838. The molecule has 5 heteroatoms. The van der Waals surface area contributed by atoms with Crippen LogP contribution < -0.4 is 5.32 Å². The Bertz CT molecular complexity index is 988. The highest BCUT2D eigenvalue weighted by Gasteiger charge is 2.11. The van der Waals surface area contributed by atoms with Gasteiger partial charge in [0.05, 0.1) is 12.2 Å². The standard InChI is InChI=1S/C19H15N3OS/c23-19(13-6-2-1-3-7-13)21-11-18-22-17(12-24-18)15-10-20-16-9-5-4-8-14(15)16/h1-10,12,20H,11H2,(H,21,23). The van der Waals surface area contributed by atoms with Gasteiger partial charge in [-0.3, -0.25) is 4.79 Å². The maximum absolute atomic E-state index is 12.1. The number of aromatic amines is 1. The Labute approximate surface area is 143 Å². The summed E-state index contributed by atoms with van der Waals surface area (Å²) in [6, 6.07) is 17.4. The molecule has 2 heterocycles. The number of rotatable bonds is 4. The van der Waals surface area contributed by atoms with Crippen LogP contribution in [0.15, 0.2) is 66.2 Å². The van der Waals surface area contributed by atoms with Gasteiger partial charge in [-0.15, -0.1) is 11.3 Å². The highest BCUT2D eigenvalue weighted by Crippen LogP contribution is 2.29. The molecule has 24 heavy (non-hydrogen) atoms. The number of para-hydroxylation sites is 1. The fourth-order valence-electron chi connectivity index (χ4n) is 2.65. The highest BCUT2D eigenvalue weighted by molar-refractivity contribution is 7.10. The Morgan fingerprint density at radius 1 is 1.08 bits per heavy atom. The molecule has 0 aliphatic rings. The lowest BCUT2D eigenvalue weighted by atomic mass is 10.1. The van der Waals surface area contributed by atoms with E-state index in [1.165, 1.54) is 0 Å². The van der Waals surface area contributed by atoms with E-state index >= 15 is 0 Å². The van der Waals surface area contributed by atoms with Crippen LogP contribution in [-0.4, -0.2) is 15.9 Å². The smallest absolute Gasteiger partial charge is 0.251 e. The van der Waals surface area contributed by atoms with Gasteiger partial charge in [-0.25, -0.2) is 4.98 Å². The van der Waals surface area contributed by atoms with Crippen LogP contribution in [0.4, 0.5) is 0 Å². The first kappa shape index (κ1) is 14.7. The Kier molecular flexibility index (Phi) is 3.84. The number of H-pyrrole nitrogens is 1. The lowest BCUT2D eigenvalue weighted by Gasteiger charge is -2.02. The second kappa shape index (κ2) is 6.29. The molecule has 0 aliphatic carbocycles. The number of carbonyl (C=O) groups excluding carboxylic acids is 1. The molecule has 4 aromatic rings. The average Bonchev–Trinajstić information content (AvgIpc) is 3.27. The van der Waals surface area contributed by atoms with E-state index in [9.17, 15) is 4.79 Å². The van der Waals surface area contributed by atoms with Gasteiger partial charge in [0.25, 0.3) is 5.91 Å². The quantitative estimate of drug-likeness (QED) is 0.587. The molecule has 0 aliphatic heterocycles. The second-order valence-corrected chi connectivity index (χ2v) is 6.37. The van der Waals surface area contributed by atoms with E-state index in [4.69, 9.17) is 0 Å². The Morgan fingerprint density at radius 2 is 1.88 bits per heavy atom. The van der Waals surface area contributed by atoms with Gasteiger partial charge >= 0.3 is 0 Å². The molecule has 2 aromatic heterocycles. The first-order valence-corrected chi connectivity index (χ1v) is 8.53. The van der Waals surface area contributed by atoms with Gasteiger partial charge in [0.1, 0.15) is 5.01 Å². The third-order valence-corrected chi connectivity index (χ3v) is 4.70. The molecule has 0 spiro atoms. The molecular weight excluding hydrogens is 318 g/mol. The van der Waals surface area contributed by atoms with E-state index in [1.54, 1.807) is 23.5 Å². The molecule has 0 bridgehead atoms. The molecule has 0 atom stereocenters. The molecule has 0 saturated carbocycles. The molecule has 0 radical (unpaired) electrons. The van der Waals surface area contributed by atoms with Crippen LogP contribution in [-0.2, 0) is 6.54 Å². The Balaban J connectivity index is 1.50. The maximum Gasteiger partial charge on any atom is 0.251 e. The van der Waals surface area contributed by atoms with Crippen LogP contribution in [0.25, 0.3) is 22.2 Å². The molecule has 4 nitrogen and oxygen atoms in total. The van der Waals surface area contributed by atoms with Crippen molar-refractivity contribution in [1.29, 1.82) is 0 Å². The van der Waals surface area contributed by atoms with E-state index in [0.717, 1.165) is 27.2 Å². The fourth-order valence-corrected chi connectivity index (χ4v) is 3.38. The molecule has 0 unspecified atom stereocenters. The lowest BCUT2D eigenvalue weighted by molar-refractivity contribution is 0.0951. The highest BCUT2D eigenvalue weighted by atomic mass is 32.1. The van der Waals surface area contributed by atoms with E-state index in [0.29, 0.717) is 12.1 Å². The molecule has 1 amide bonds. The van der Waals surface area contributed by atoms with Gasteiger partial charge in [0, 0.05) is 33.6 Å². The first-order valence-electron chi connectivity index (χ1n) is 7.65. The SMILES string of the molecule is O=C(NCc1nc(-c2c[nH]c3ccccc23)cs1)c1ccccc1. The van der Waals surface area contributed by atoms with Crippen molar-refractivity contribution in [1.82, 2.24) is 15.3 Å². The van der Waals surface area contributed by atoms with Gasteiger partial charge in [-0.05, 0) is 18.2 Å². The predicted octanol–water partition coefficient (Wildman–Crippen LogP) is 4.22. The van der Waals surface area contributed by atoms with Crippen LogP contribution in [0.3, 0.4) is 0 Å². The Morgan fingerprint density at radius 3 is 2.75 bits per heavy atom. The zero-order valence-electron chi connectivity index (χ0n) is 12.8. The molecule has 4 rings (SSSR count). The largest absolute Gasteiger partial charge is 0.360 e. The summed E-state index contributed by atoms with van der Waals surface area (Å²) in [7, 11) is 0. The van der Waals surface area contributed by atoms with E-state index in [1.807, 2.05) is 48.0 Å². The van der Waals surface area contributed by atoms with Crippen molar-refractivity contribution in [3.05, 3.63) is 76.7 Å². The third-order valence-electron chi connectivity index (χ3n) is 3.85. The number of nitrogens with one attached hydrogen (secondary N) is 2. The van der Waals surface area contributed by atoms with E-state index < -0.39 is 0 Å². The average molecular weight is 333 g/mol. The summed E-state index contributed by atoms with van der Waals surface area (Å²) in [6.07, 6.45) is 1.98. The topological polar surface area (TPSA) is 57.8 Å². The zero-order valence-corrected chi connectivity index (χ0v) is 13.6. The molecule has 118 valence electrons. The summed E-state index contributed by atoms with van der Waals surface area (Å²) >= 11 is 1.55. The molecule has 2 N–H and O–H groups in total. The zero-order chi connectivity index (χ0) is 16.4. The van der Waals surface area contributed by atoms with Gasteiger partial charge in [0.2, 0.25) is 0 Å². The van der Waals surface area contributed by atoms with Crippen LogP contribution >= 0.6 is 11.3 Å². The number of aromatic nitrogens is 2. The number of fused-ring (bicyclic) bond motifs is 1. The molecular formula is C19H15N3OS. The summed E-state index contributed by atoms with van der Waals surface area (Å²) in [5.41, 5.74) is 3.77. The van der Waals surface area contributed by atoms with Gasteiger partial charge in [0.15, 0.2) is 0 Å². The molecule has 0 saturated heterocycles. The summed E-state index contributed by atoms with van der Waals surface area (Å²) in [5, 5.41) is 6.98. The minimum absolute atomic E-state index is 0.0838. The van der Waals surface area contributed by atoms with Crippen LogP contribution in [0.2, 0.25) is 0 Å². The molecule has 0 fully saturated rings. The number of benzene rings is 2. The van der Waals surface area contributed by atoms with Gasteiger partial charge < -0.3 is 10.3 Å². The normalized spacial score (nSPS) is 10.8. The van der Waals surface area contributed by atoms with Crippen molar-refractivity contribution in [3.63, 3.8) is 0 Å². The van der Waals surface area contributed by atoms with Gasteiger partial charge in [-0.1, -0.05) is 36.4 Å². The van der Waals surface area contributed by atoms with Crippen molar-refractivity contribution < 1.29 is 4.79 Å². The number of amides is 1. The van der Waals surface area contributed by atoms with E-state index in [2.05, 4.69) is 21.4 Å². The van der Waals surface area contributed by atoms with Crippen LogP contribution in [0.5, 0.6) is 0 Å². The minimum Gasteiger partial charge on any atom is -0.360 e. The van der Waals surface area contributed by atoms with Crippen LogP contribution in [0.1, 0.15) is 15.4 Å². The summed E-state index contributed by atoms with van der Waals surface area (Å²) in [4.78, 5) is 20.0. The van der Waals surface area contributed by atoms with Crippen molar-refractivity contribution >= 4 is 28.1 Å².